The summed E-state index contributed by atoms with van der Waals surface area (Å²) in [7, 11) is 0. The van der Waals surface area contributed by atoms with Crippen molar-refractivity contribution in [1.82, 2.24) is 9.13 Å². The highest BCUT2D eigenvalue weighted by atomic mass is 35.5. The number of aromatic nitrogens is 2. The van der Waals surface area contributed by atoms with Crippen LogP contribution < -0.4 is 16.6 Å². The summed E-state index contributed by atoms with van der Waals surface area (Å²) in [6.45, 7) is -0.408. The van der Waals surface area contributed by atoms with E-state index in [4.69, 9.17) is 11.6 Å². The number of amides is 1. The van der Waals surface area contributed by atoms with E-state index in [1.54, 1.807) is 18.2 Å². The number of hydrogen-bond donors (Lipinski definition) is 1. The van der Waals surface area contributed by atoms with Crippen LogP contribution in [0.1, 0.15) is 11.1 Å². The van der Waals surface area contributed by atoms with Gasteiger partial charge in [-0.2, -0.15) is 13.2 Å². The molecule has 0 radical (unpaired) electrons. The lowest BCUT2D eigenvalue weighted by atomic mass is 10.1. The molecule has 1 amide bonds. The molecule has 0 unspecified atom stereocenters. The molecule has 0 aliphatic heterocycles. The standard InChI is InChI=1S/C25H19ClF3N3O3/c26-20-11-10-17(14-19(20)25(27,28)29)30-22(33)15-32-21-9-5-4-8-18(21)23(34)31(24(32)35)13-12-16-6-2-1-3-7-16/h1-11,14H,12-13,15H2,(H,30,33). The minimum absolute atomic E-state index is 0.0975. The molecule has 0 saturated heterocycles. The van der Waals surface area contributed by atoms with Crippen molar-refractivity contribution in [3.63, 3.8) is 0 Å². The Morgan fingerprint density at radius 3 is 2.31 bits per heavy atom. The number of halogens is 4. The van der Waals surface area contributed by atoms with Crippen LogP contribution in [-0.4, -0.2) is 15.0 Å². The zero-order chi connectivity index (χ0) is 25.2. The van der Waals surface area contributed by atoms with Crippen molar-refractivity contribution in [2.45, 2.75) is 25.7 Å². The average Bonchev–Trinajstić information content (AvgIpc) is 2.83. The molecular weight excluding hydrogens is 483 g/mol. The van der Waals surface area contributed by atoms with E-state index in [0.717, 1.165) is 26.8 Å². The van der Waals surface area contributed by atoms with Crippen LogP contribution in [0.2, 0.25) is 5.02 Å². The lowest BCUT2D eigenvalue weighted by Gasteiger charge is -2.15. The third kappa shape index (κ3) is 5.30. The Balaban J connectivity index is 1.66. The largest absolute Gasteiger partial charge is 0.417 e. The Morgan fingerprint density at radius 2 is 1.60 bits per heavy atom. The first-order chi connectivity index (χ1) is 16.6. The summed E-state index contributed by atoms with van der Waals surface area (Å²) in [5.41, 5.74) is -1.20. The molecule has 1 aromatic heterocycles. The van der Waals surface area contributed by atoms with Crippen LogP contribution in [0.3, 0.4) is 0 Å². The van der Waals surface area contributed by atoms with Gasteiger partial charge in [0, 0.05) is 12.2 Å². The number of carbonyl (C=O) groups is 1. The molecule has 0 aliphatic rings. The van der Waals surface area contributed by atoms with Gasteiger partial charge in [0.15, 0.2) is 0 Å². The van der Waals surface area contributed by atoms with Gasteiger partial charge in [-0.25, -0.2) is 4.79 Å². The van der Waals surface area contributed by atoms with Crippen LogP contribution in [0, 0.1) is 0 Å². The molecule has 180 valence electrons. The van der Waals surface area contributed by atoms with Gasteiger partial charge in [-0.15, -0.1) is 0 Å². The van der Waals surface area contributed by atoms with Gasteiger partial charge in [-0.3, -0.25) is 18.7 Å². The molecule has 35 heavy (non-hydrogen) atoms. The fraction of sp³-hybridized carbons (Fsp3) is 0.160. The number of nitrogens with zero attached hydrogens (tertiary/aromatic N) is 2. The number of fused-ring (bicyclic) bond motifs is 1. The monoisotopic (exact) mass is 501 g/mol. The molecule has 4 aromatic rings. The maximum absolute atomic E-state index is 13.2. The second-order valence-electron chi connectivity index (χ2n) is 7.82. The van der Waals surface area contributed by atoms with E-state index in [0.29, 0.717) is 6.42 Å². The molecule has 0 aliphatic carbocycles. The number of nitrogens with one attached hydrogen (secondary N) is 1. The van der Waals surface area contributed by atoms with Crippen LogP contribution in [0.25, 0.3) is 10.9 Å². The van der Waals surface area contributed by atoms with Gasteiger partial charge in [0.1, 0.15) is 6.54 Å². The fourth-order valence-corrected chi connectivity index (χ4v) is 4.00. The minimum Gasteiger partial charge on any atom is -0.325 e. The van der Waals surface area contributed by atoms with Gasteiger partial charge >= 0.3 is 11.9 Å². The molecule has 0 atom stereocenters. The smallest absolute Gasteiger partial charge is 0.325 e. The van der Waals surface area contributed by atoms with Crippen LogP contribution in [0.15, 0.2) is 82.4 Å². The van der Waals surface area contributed by atoms with Crippen molar-refractivity contribution in [2.24, 2.45) is 0 Å². The molecule has 0 saturated carbocycles. The number of rotatable bonds is 6. The van der Waals surface area contributed by atoms with Crippen molar-refractivity contribution in [3.05, 3.63) is 110 Å². The molecule has 1 N–H and O–H groups in total. The van der Waals surface area contributed by atoms with E-state index in [-0.39, 0.29) is 23.1 Å². The Hall–Kier alpha value is -3.85. The highest BCUT2D eigenvalue weighted by Gasteiger charge is 2.33. The van der Waals surface area contributed by atoms with Gasteiger partial charge in [0.25, 0.3) is 5.56 Å². The summed E-state index contributed by atoms with van der Waals surface area (Å²) in [4.78, 5) is 38.9. The average molecular weight is 502 g/mol. The van der Waals surface area contributed by atoms with Gasteiger partial charge < -0.3 is 5.32 Å². The van der Waals surface area contributed by atoms with Crippen molar-refractivity contribution >= 4 is 34.1 Å². The van der Waals surface area contributed by atoms with Crippen molar-refractivity contribution < 1.29 is 18.0 Å². The Kier molecular flexibility index (Phi) is 6.79. The maximum Gasteiger partial charge on any atom is 0.417 e. The van der Waals surface area contributed by atoms with E-state index in [2.05, 4.69) is 5.32 Å². The second-order valence-corrected chi connectivity index (χ2v) is 8.23. The Bertz CT molecular complexity index is 1510. The number of anilines is 1. The molecule has 1 heterocycles. The third-order valence-electron chi connectivity index (χ3n) is 5.46. The third-order valence-corrected chi connectivity index (χ3v) is 5.79. The Morgan fingerprint density at radius 1 is 0.914 bits per heavy atom. The van der Waals surface area contributed by atoms with Crippen LogP contribution >= 0.6 is 11.6 Å². The van der Waals surface area contributed by atoms with Crippen molar-refractivity contribution in [1.29, 1.82) is 0 Å². The predicted molar refractivity (Wildman–Crippen MR) is 128 cm³/mol. The van der Waals surface area contributed by atoms with Crippen molar-refractivity contribution in [2.75, 3.05) is 5.32 Å². The first-order valence-electron chi connectivity index (χ1n) is 10.6. The Labute approximate surface area is 202 Å². The number of carbonyl (C=O) groups excluding carboxylic acids is 1. The van der Waals surface area contributed by atoms with Crippen LogP contribution in [-0.2, 0) is 30.5 Å². The zero-order valence-electron chi connectivity index (χ0n) is 18.2. The number of aryl methyl sites for hydroxylation is 1. The summed E-state index contributed by atoms with van der Waals surface area (Å²) in [6, 6.07) is 18.7. The lowest BCUT2D eigenvalue weighted by Crippen LogP contribution is -2.42. The molecule has 10 heteroatoms. The molecule has 0 bridgehead atoms. The fourth-order valence-electron chi connectivity index (χ4n) is 3.77. The maximum atomic E-state index is 13.2. The van der Waals surface area contributed by atoms with E-state index in [9.17, 15) is 27.6 Å². The van der Waals surface area contributed by atoms with Crippen LogP contribution in [0.5, 0.6) is 0 Å². The van der Waals surface area contributed by atoms with E-state index >= 15 is 0 Å². The predicted octanol–water partition coefficient (Wildman–Crippen LogP) is 4.72. The quantitative estimate of drug-likeness (QED) is 0.415. The summed E-state index contributed by atoms with van der Waals surface area (Å²) >= 11 is 5.63. The molecule has 0 fully saturated rings. The van der Waals surface area contributed by atoms with Crippen LogP contribution in [0.4, 0.5) is 18.9 Å². The summed E-state index contributed by atoms with van der Waals surface area (Å²) < 4.78 is 41.6. The van der Waals surface area contributed by atoms with Crippen molar-refractivity contribution in [3.8, 4) is 0 Å². The SMILES string of the molecule is O=C(Cn1c(=O)n(CCc2ccccc2)c(=O)c2ccccc21)Nc1ccc(Cl)c(C(F)(F)F)c1. The zero-order valence-corrected chi connectivity index (χ0v) is 18.9. The highest BCUT2D eigenvalue weighted by molar-refractivity contribution is 6.31. The topological polar surface area (TPSA) is 73.1 Å². The highest BCUT2D eigenvalue weighted by Crippen LogP contribution is 2.36. The summed E-state index contributed by atoms with van der Waals surface area (Å²) in [5.74, 6) is -0.735. The summed E-state index contributed by atoms with van der Waals surface area (Å²) in [6.07, 6.45) is -4.27. The number of para-hydroxylation sites is 1. The molecule has 0 spiro atoms. The van der Waals surface area contributed by atoms with Gasteiger partial charge in [0.2, 0.25) is 5.91 Å². The normalized spacial score (nSPS) is 11.5. The van der Waals surface area contributed by atoms with Gasteiger partial charge in [-0.05, 0) is 42.3 Å². The number of benzene rings is 3. The van der Waals surface area contributed by atoms with Gasteiger partial charge in [0.05, 0.1) is 21.5 Å². The first-order valence-corrected chi connectivity index (χ1v) is 11.0. The lowest BCUT2D eigenvalue weighted by molar-refractivity contribution is -0.137. The summed E-state index contributed by atoms with van der Waals surface area (Å²) in [5, 5.41) is 2.12. The number of alkyl halides is 3. The molecular formula is C25H19ClF3N3O3. The molecule has 4 rings (SSSR count). The second kappa shape index (κ2) is 9.79. The van der Waals surface area contributed by atoms with E-state index < -0.39 is 40.5 Å². The van der Waals surface area contributed by atoms with Gasteiger partial charge in [-0.1, -0.05) is 54.1 Å². The van der Waals surface area contributed by atoms with E-state index in [1.165, 1.54) is 12.1 Å². The number of hydrogen-bond acceptors (Lipinski definition) is 3. The molecule has 3 aromatic carbocycles. The molecule has 6 nitrogen and oxygen atoms in total. The van der Waals surface area contributed by atoms with E-state index in [1.807, 2.05) is 30.3 Å². The minimum atomic E-state index is -4.70. The first kappa shape index (κ1) is 24.3.